The Kier molecular flexibility index (Phi) is 6.86. The summed E-state index contributed by atoms with van der Waals surface area (Å²) in [6.07, 6.45) is 1.92. The van der Waals surface area contributed by atoms with Gasteiger partial charge in [-0.15, -0.1) is 5.10 Å². The molecule has 3 rings (SSSR count). The maximum Gasteiger partial charge on any atom is 0.243 e. The first-order chi connectivity index (χ1) is 13.9. The van der Waals surface area contributed by atoms with E-state index < -0.39 is 10.0 Å². The number of piperidine rings is 1. The van der Waals surface area contributed by atoms with E-state index in [1.807, 2.05) is 11.6 Å². The molecule has 2 aromatic rings. The van der Waals surface area contributed by atoms with Crippen molar-refractivity contribution in [2.75, 3.05) is 33.4 Å². The van der Waals surface area contributed by atoms with Crippen molar-refractivity contribution in [2.24, 2.45) is 5.92 Å². The second-order valence-corrected chi connectivity index (χ2v) is 9.34. The molecule has 2 heterocycles. The van der Waals surface area contributed by atoms with Crippen LogP contribution >= 0.6 is 0 Å². The number of benzene rings is 1. The van der Waals surface area contributed by atoms with Gasteiger partial charge in [0.15, 0.2) is 0 Å². The molecule has 1 aliphatic heterocycles. The van der Waals surface area contributed by atoms with Crippen LogP contribution in [-0.2, 0) is 19.6 Å². The van der Waals surface area contributed by atoms with Crippen LogP contribution < -0.4 is 5.32 Å². The number of aromatic nitrogens is 3. The number of nitrogens with zero attached hydrogens (tertiary/aromatic N) is 4. The monoisotopic (exact) mass is 423 g/mol. The largest absolute Gasteiger partial charge is 0.383 e. The second kappa shape index (κ2) is 9.19. The summed E-state index contributed by atoms with van der Waals surface area (Å²) in [6, 6.07) is 5.16. The van der Waals surface area contributed by atoms with E-state index in [9.17, 15) is 13.2 Å². The van der Waals surface area contributed by atoms with Crippen LogP contribution in [0.2, 0.25) is 0 Å². The Morgan fingerprint density at radius 3 is 2.72 bits per heavy atom. The number of sulfonamides is 1. The van der Waals surface area contributed by atoms with E-state index in [0.29, 0.717) is 44.6 Å². The zero-order valence-corrected chi connectivity index (χ0v) is 18.0. The fourth-order valence-corrected chi connectivity index (χ4v) is 5.00. The van der Waals surface area contributed by atoms with Crippen molar-refractivity contribution in [1.29, 1.82) is 0 Å². The standard InChI is InChI=1S/C19H29N5O4S/c1-4-14(2)24-18-6-5-16(13-17(18)21-22-24)29(26,27)23-10-7-15(8-11-23)19(25)20-9-12-28-3/h5-6,13-15H,4,7-12H2,1-3H3,(H,20,25)/t14-/m0/s1. The molecular formula is C19H29N5O4S. The van der Waals surface area contributed by atoms with Crippen LogP contribution in [0.1, 0.15) is 39.2 Å². The topological polar surface area (TPSA) is 106 Å². The van der Waals surface area contributed by atoms with Crippen LogP contribution in [0.25, 0.3) is 11.0 Å². The Hall–Kier alpha value is -2.04. The number of fused-ring (bicyclic) bond motifs is 1. The maximum atomic E-state index is 13.1. The summed E-state index contributed by atoms with van der Waals surface area (Å²) < 4.78 is 34.3. The highest BCUT2D eigenvalue weighted by Gasteiger charge is 2.32. The molecule has 1 amide bonds. The van der Waals surface area contributed by atoms with Crippen LogP contribution in [0.3, 0.4) is 0 Å². The molecule has 29 heavy (non-hydrogen) atoms. The SMILES string of the molecule is CC[C@H](C)n1nnc2cc(S(=O)(=O)N3CCC(C(=O)NCCOC)CC3)ccc21. The molecule has 0 radical (unpaired) electrons. The molecule has 1 fully saturated rings. The van der Waals surface area contributed by atoms with Gasteiger partial charge in [-0.2, -0.15) is 4.31 Å². The number of nitrogens with one attached hydrogen (secondary N) is 1. The van der Waals surface area contributed by atoms with Crippen molar-refractivity contribution in [1.82, 2.24) is 24.6 Å². The summed E-state index contributed by atoms with van der Waals surface area (Å²) >= 11 is 0. The lowest BCUT2D eigenvalue weighted by molar-refractivity contribution is -0.126. The van der Waals surface area contributed by atoms with Crippen LogP contribution in [0.15, 0.2) is 23.1 Å². The summed E-state index contributed by atoms with van der Waals surface area (Å²) in [5.74, 6) is -0.210. The van der Waals surface area contributed by atoms with Crippen LogP contribution in [0.5, 0.6) is 0 Å². The first kappa shape index (κ1) is 21.7. The Bertz CT molecular complexity index is 951. The van der Waals surface area contributed by atoms with Gasteiger partial charge in [0.05, 0.1) is 23.1 Å². The molecule has 1 aromatic heterocycles. The Morgan fingerprint density at radius 2 is 2.07 bits per heavy atom. The van der Waals surface area contributed by atoms with E-state index in [2.05, 4.69) is 22.6 Å². The minimum absolute atomic E-state index is 0.0397. The van der Waals surface area contributed by atoms with Crippen LogP contribution in [0.4, 0.5) is 0 Å². The third-order valence-corrected chi connectivity index (χ3v) is 7.41. The van der Waals surface area contributed by atoms with Gasteiger partial charge in [0.2, 0.25) is 15.9 Å². The van der Waals surface area contributed by atoms with E-state index in [0.717, 1.165) is 11.9 Å². The number of carbonyl (C=O) groups excluding carboxylic acids is 1. The number of methoxy groups -OCH3 is 1. The molecule has 1 aromatic carbocycles. The molecule has 1 aliphatic rings. The normalized spacial score (nSPS) is 17.5. The van der Waals surface area contributed by atoms with Gasteiger partial charge >= 0.3 is 0 Å². The molecule has 10 heteroatoms. The number of hydrogen-bond donors (Lipinski definition) is 1. The smallest absolute Gasteiger partial charge is 0.243 e. The van der Waals surface area contributed by atoms with Crippen molar-refractivity contribution < 1.29 is 17.9 Å². The van der Waals surface area contributed by atoms with Crippen molar-refractivity contribution in [2.45, 2.75) is 44.0 Å². The average molecular weight is 424 g/mol. The number of amides is 1. The minimum atomic E-state index is -3.64. The van der Waals surface area contributed by atoms with Gasteiger partial charge in [-0.25, -0.2) is 13.1 Å². The van der Waals surface area contributed by atoms with E-state index in [4.69, 9.17) is 4.74 Å². The zero-order valence-electron chi connectivity index (χ0n) is 17.2. The van der Waals surface area contributed by atoms with Gasteiger partial charge in [0.1, 0.15) is 5.52 Å². The van der Waals surface area contributed by atoms with E-state index in [-0.39, 0.29) is 22.8 Å². The van der Waals surface area contributed by atoms with Crippen molar-refractivity contribution in [3.05, 3.63) is 18.2 Å². The molecule has 0 saturated carbocycles. The molecule has 0 aliphatic carbocycles. The fourth-order valence-electron chi connectivity index (χ4n) is 3.51. The molecule has 160 valence electrons. The predicted octanol–water partition coefficient (Wildman–Crippen LogP) is 1.57. The summed E-state index contributed by atoms with van der Waals surface area (Å²) in [6.45, 7) is 5.69. The van der Waals surface area contributed by atoms with Crippen molar-refractivity contribution in [3.8, 4) is 0 Å². The number of carbonyl (C=O) groups is 1. The molecule has 0 unspecified atom stereocenters. The van der Waals surface area contributed by atoms with Gasteiger partial charge in [-0.1, -0.05) is 12.1 Å². The first-order valence-electron chi connectivity index (χ1n) is 10.00. The minimum Gasteiger partial charge on any atom is -0.383 e. The lowest BCUT2D eigenvalue weighted by atomic mass is 9.97. The maximum absolute atomic E-state index is 13.1. The molecule has 1 N–H and O–H groups in total. The average Bonchev–Trinajstić information content (AvgIpc) is 3.16. The highest BCUT2D eigenvalue weighted by Crippen LogP contribution is 2.26. The highest BCUT2D eigenvalue weighted by molar-refractivity contribution is 7.89. The molecular weight excluding hydrogens is 394 g/mol. The van der Waals surface area contributed by atoms with Gasteiger partial charge in [0.25, 0.3) is 0 Å². The molecule has 0 bridgehead atoms. The molecule has 1 saturated heterocycles. The van der Waals surface area contributed by atoms with E-state index in [1.165, 1.54) is 4.31 Å². The van der Waals surface area contributed by atoms with Gasteiger partial charge in [-0.05, 0) is 44.4 Å². The van der Waals surface area contributed by atoms with Crippen LogP contribution in [-0.4, -0.2) is 67.0 Å². The van der Waals surface area contributed by atoms with Crippen LogP contribution in [0, 0.1) is 5.92 Å². The van der Waals surface area contributed by atoms with Crippen molar-refractivity contribution in [3.63, 3.8) is 0 Å². The van der Waals surface area contributed by atoms with E-state index in [1.54, 1.807) is 25.3 Å². The third kappa shape index (κ3) is 4.59. The first-order valence-corrected chi connectivity index (χ1v) is 11.4. The summed E-state index contributed by atoms with van der Waals surface area (Å²) in [5, 5.41) is 11.1. The molecule has 0 spiro atoms. The summed E-state index contributed by atoms with van der Waals surface area (Å²) in [5.41, 5.74) is 1.39. The molecule has 1 atom stereocenters. The summed E-state index contributed by atoms with van der Waals surface area (Å²) in [4.78, 5) is 12.4. The Balaban J connectivity index is 1.69. The Morgan fingerprint density at radius 1 is 1.34 bits per heavy atom. The van der Waals surface area contributed by atoms with Crippen molar-refractivity contribution >= 4 is 27.0 Å². The van der Waals surface area contributed by atoms with E-state index >= 15 is 0 Å². The zero-order chi connectivity index (χ0) is 21.0. The lowest BCUT2D eigenvalue weighted by Crippen LogP contribution is -2.43. The summed E-state index contributed by atoms with van der Waals surface area (Å²) in [7, 11) is -2.05. The number of rotatable bonds is 8. The number of hydrogen-bond acceptors (Lipinski definition) is 6. The third-order valence-electron chi connectivity index (χ3n) is 5.52. The highest BCUT2D eigenvalue weighted by atomic mass is 32.2. The van der Waals surface area contributed by atoms with Gasteiger partial charge in [-0.3, -0.25) is 4.79 Å². The lowest BCUT2D eigenvalue weighted by Gasteiger charge is -2.30. The van der Waals surface area contributed by atoms with Gasteiger partial charge in [0, 0.05) is 32.7 Å². The predicted molar refractivity (Wildman–Crippen MR) is 109 cm³/mol. The number of ether oxygens (including phenoxy) is 1. The van der Waals surface area contributed by atoms with Gasteiger partial charge < -0.3 is 10.1 Å². The molecule has 9 nitrogen and oxygen atoms in total. The quantitative estimate of drug-likeness (QED) is 0.646. The fraction of sp³-hybridized carbons (Fsp3) is 0.632. The Labute approximate surface area is 171 Å². The second-order valence-electron chi connectivity index (χ2n) is 7.40.